The molecule has 3 aromatic rings. The van der Waals surface area contributed by atoms with Gasteiger partial charge in [0.2, 0.25) is 0 Å². The number of fused-ring (bicyclic) bond motifs is 1. The van der Waals surface area contributed by atoms with Gasteiger partial charge in [0.25, 0.3) is 11.5 Å². The lowest BCUT2D eigenvalue weighted by Crippen LogP contribution is -2.38. The minimum atomic E-state index is -0.283. The third-order valence-electron chi connectivity index (χ3n) is 4.31. The Morgan fingerprint density at radius 2 is 1.71 bits per heavy atom. The summed E-state index contributed by atoms with van der Waals surface area (Å²) in [6.07, 6.45) is 0. The first kappa shape index (κ1) is 20.5. The quantitative estimate of drug-likeness (QED) is 0.562. The summed E-state index contributed by atoms with van der Waals surface area (Å²) in [5, 5.41) is 4.07. The molecule has 0 fully saturated rings. The van der Waals surface area contributed by atoms with Crippen LogP contribution in [0.25, 0.3) is 10.1 Å². The number of hydrogen-bond acceptors (Lipinski definition) is 5. The summed E-state index contributed by atoms with van der Waals surface area (Å²) in [6.45, 7) is 8.35. The molecule has 0 bridgehead atoms. The minimum Gasteiger partial charge on any atom is -0.343 e. The fourth-order valence-corrected chi connectivity index (χ4v) is 4.59. The van der Waals surface area contributed by atoms with Crippen LogP contribution in [0.15, 0.2) is 51.7 Å². The van der Waals surface area contributed by atoms with Crippen LogP contribution in [0.4, 0.5) is 10.8 Å². The molecule has 1 aromatic heterocycles. The van der Waals surface area contributed by atoms with Crippen molar-refractivity contribution in [3.8, 4) is 0 Å². The third kappa shape index (κ3) is 4.42. The van der Waals surface area contributed by atoms with Gasteiger partial charge in [-0.3, -0.25) is 9.59 Å². The molecular formula is C21H22BrN3O2S. The van der Waals surface area contributed by atoms with Gasteiger partial charge in [-0.15, -0.1) is 0 Å². The third-order valence-corrected chi connectivity index (χ3v) is 5.90. The number of nitrogens with one attached hydrogen (secondary N) is 1. The predicted molar refractivity (Wildman–Crippen MR) is 121 cm³/mol. The fraction of sp³-hybridized carbons (Fsp3) is 0.286. The molecule has 5 nitrogen and oxygen atoms in total. The van der Waals surface area contributed by atoms with E-state index in [0.717, 1.165) is 9.17 Å². The van der Waals surface area contributed by atoms with E-state index in [9.17, 15) is 9.59 Å². The zero-order valence-corrected chi connectivity index (χ0v) is 18.6. The normalized spacial score (nSPS) is 11.2. The number of amides is 1. The molecule has 0 spiro atoms. The largest absolute Gasteiger partial charge is 0.343 e. The number of aromatic nitrogens is 1. The van der Waals surface area contributed by atoms with Crippen LogP contribution < -0.4 is 15.8 Å². The van der Waals surface area contributed by atoms with E-state index in [1.54, 1.807) is 18.2 Å². The Kier molecular flexibility index (Phi) is 6.15. The van der Waals surface area contributed by atoms with E-state index in [2.05, 4.69) is 58.8 Å². The molecule has 146 valence electrons. The highest BCUT2D eigenvalue weighted by Crippen LogP contribution is 2.28. The van der Waals surface area contributed by atoms with Crippen molar-refractivity contribution in [1.82, 2.24) is 4.98 Å². The topological polar surface area (TPSA) is 62.3 Å². The van der Waals surface area contributed by atoms with Crippen molar-refractivity contribution in [2.75, 3.05) is 10.2 Å². The maximum Gasteiger partial charge on any atom is 0.281 e. The molecule has 0 saturated carbocycles. The van der Waals surface area contributed by atoms with E-state index in [-0.39, 0.29) is 23.6 Å². The summed E-state index contributed by atoms with van der Waals surface area (Å²) in [5.41, 5.74) is 0.838. The number of hydrogen-bond donors (Lipinski definition) is 1. The van der Waals surface area contributed by atoms with E-state index in [1.165, 1.54) is 11.3 Å². The van der Waals surface area contributed by atoms with Crippen molar-refractivity contribution >= 4 is 54.1 Å². The average molecular weight is 460 g/mol. The average Bonchev–Trinajstić information content (AvgIpc) is 2.62. The summed E-state index contributed by atoms with van der Waals surface area (Å²) in [5.74, 6) is -0.224. The first-order valence-electron chi connectivity index (χ1n) is 9.06. The van der Waals surface area contributed by atoms with E-state index >= 15 is 0 Å². The van der Waals surface area contributed by atoms with Crippen LogP contribution in [-0.4, -0.2) is 23.0 Å². The Bertz CT molecular complexity index is 1050. The van der Waals surface area contributed by atoms with Crippen LogP contribution in [0.2, 0.25) is 0 Å². The maximum atomic E-state index is 12.6. The van der Waals surface area contributed by atoms with Crippen molar-refractivity contribution < 1.29 is 4.79 Å². The molecule has 0 unspecified atom stereocenters. The summed E-state index contributed by atoms with van der Waals surface area (Å²) >= 11 is 4.84. The van der Waals surface area contributed by atoms with Crippen molar-refractivity contribution in [3.05, 3.63) is 62.9 Å². The van der Waals surface area contributed by atoms with Gasteiger partial charge in [-0.1, -0.05) is 27.3 Å². The monoisotopic (exact) mass is 459 g/mol. The molecule has 0 atom stereocenters. The highest BCUT2D eigenvalue weighted by molar-refractivity contribution is 9.10. The lowest BCUT2D eigenvalue weighted by atomic mass is 10.2. The Morgan fingerprint density at radius 3 is 2.32 bits per heavy atom. The SMILES string of the molecule is CC(C)N(c1nc(=O)c2cc(NC(=O)c3ccc(Br)cc3)ccc2s1)C(C)C. The Labute approximate surface area is 176 Å². The second-order valence-corrected chi connectivity index (χ2v) is 8.99. The van der Waals surface area contributed by atoms with Crippen LogP contribution in [0, 0.1) is 0 Å². The van der Waals surface area contributed by atoms with Crippen molar-refractivity contribution in [3.63, 3.8) is 0 Å². The number of carbonyl (C=O) groups is 1. The predicted octanol–water partition coefficient (Wildman–Crippen LogP) is 5.29. The zero-order valence-electron chi connectivity index (χ0n) is 16.2. The van der Waals surface area contributed by atoms with Gasteiger partial charge in [0.15, 0.2) is 5.13 Å². The maximum absolute atomic E-state index is 12.6. The standard InChI is InChI=1S/C21H22BrN3O2S/c1-12(2)25(13(3)4)21-24-20(27)17-11-16(9-10-18(17)28-21)23-19(26)14-5-7-15(22)8-6-14/h5-13H,1-4H3,(H,23,26). The van der Waals surface area contributed by atoms with Gasteiger partial charge in [-0.05, 0) is 70.2 Å². The lowest BCUT2D eigenvalue weighted by molar-refractivity contribution is 0.102. The molecule has 1 N–H and O–H groups in total. The molecule has 0 radical (unpaired) electrons. The first-order chi connectivity index (χ1) is 13.3. The minimum absolute atomic E-state index is 0.224. The molecular weight excluding hydrogens is 438 g/mol. The highest BCUT2D eigenvalue weighted by Gasteiger charge is 2.18. The Balaban J connectivity index is 1.93. The molecule has 1 amide bonds. The molecule has 1 heterocycles. The summed E-state index contributed by atoms with van der Waals surface area (Å²) in [6, 6.07) is 13.0. The lowest BCUT2D eigenvalue weighted by Gasteiger charge is -2.31. The van der Waals surface area contributed by atoms with Crippen molar-refractivity contribution in [2.24, 2.45) is 0 Å². The summed E-state index contributed by atoms with van der Waals surface area (Å²) in [7, 11) is 0. The van der Waals surface area contributed by atoms with Crippen LogP contribution >= 0.6 is 27.3 Å². The van der Waals surface area contributed by atoms with Crippen molar-refractivity contribution in [2.45, 2.75) is 39.8 Å². The molecule has 0 aliphatic carbocycles. The number of anilines is 2. The van der Waals surface area contributed by atoms with Gasteiger partial charge in [0, 0.05) is 32.5 Å². The summed E-state index contributed by atoms with van der Waals surface area (Å²) < 4.78 is 1.76. The number of benzene rings is 2. The second kappa shape index (κ2) is 8.41. The number of halogens is 1. The van der Waals surface area contributed by atoms with E-state index in [4.69, 9.17) is 0 Å². The number of rotatable bonds is 5. The van der Waals surface area contributed by atoms with Gasteiger partial charge in [-0.2, -0.15) is 4.98 Å². The van der Waals surface area contributed by atoms with Crippen LogP contribution in [0.1, 0.15) is 38.1 Å². The Morgan fingerprint density at radius 1 is 1.07 bits per heavy atom. The van der Waals surface area contributed by atoms with Gasteiger partial charge in [0.05, 0.1) is 5.39 Å². The van der Waals surface area contributed by atoms with Crippen LogP contribution in [0.5, 0.6) is 0 Å². The first-order valence-corrected chi connectivity index (χ1v) is 10.7. The number of carbonyl (C=O) groups excluding carboxylic acids is 1. The highest BCUT2D eigenvalue weighted by atomic mass is 79.9. The molecule has 0 aliphatic heterocycles. The summed E-state index contributed by atoms with van der Waals surface area (Å²) in [4.78, 5) is 31.5. The van der Waals surface area contributed by atoms with Crippen LogP contribution in [-0.2, 0) is 0 Å². The molecule has 3 rings (SSSR count). The molecule has 0 saturated heterocycles. The molecule has 7 heteroatoms. The number of nitrogens with zero attached hydrogens (tertiary/aromatic N) is 2. The molecule has 28 heavy (non-hydrogen) atoms. The smallest absolute Gasteiger partial charge is 0.281 e. The van der Waals surface area contributed by atoms with E-state index in [0.29, 0.717) is 21.8 Å². The molecule has 2 aromatic carbocycles. The van der Waals surface area contributed by atoms with Gasteiger partial charge in [0.1, 0.15) is 0 Å². The van der Waals surface area contributed by atoms with Gasteiger partial charge in [-0.25, -0.2) is 0 Å². The van der Waals surface area contributed by atoms with Gasteiger partial charge < -0.3 is 10.2 Å². The Hall–Kier alpha value is -2.25. The van der Waals surface area contributed by atoms with E-state index < -0.39 is 0 Å². The fourth-order valence-electron chi connectivity index (χ4n) is 3.09. The van der Waals surface area contributed by atoms with Crippen molar-refractivity contribution in [1.29, 1.82) is 0 Å². The molecule has 0 aliphatic rings. The van der Waals surface area contributed by atoms with Gasteiger partial charge >= 0.3 is 0 Å². The van der Waals surface area contributed by atoms with Crippen LogP contribution in [0.3, 0.4) is 0 Å². The van der Waals surface area contributed by atoms with E-state index in [1.807, 2.05) is 24.3 Å². The zero-order chi connectivity index (χ0) is 20.4. The second-order valence-electron chi connectivity index (χ2n) is 7.07.